The van der Waals surface area contributed by atoms with Crippen molar-refractivity contribution in [2.75, 3.05) is 23.9 Å². The van der Waals surface area contributed by atoms with Gasteiger partial charge < -0.3 is 10.1 Å². The third-order valence-corrected chi connectivity index (χ3v) is 3.63. The van der Waals surface area contributed by atoms with Gasteiger partial charge in [0.25, 0.3) is 0 Å². The molecule has 0 bridgehead atoms. The van der Waals surface area contributed by atoms with Crippen molar-refractivity contribution in [1.82, 2.24) is 0 Å². The van der Waals surface area contributed by atoms with E-state index in [0.717, 1.165) is 17.9 Å². The molecule has 1 saturated heterocycles. The lowest BCUT2D eigenvalue weighted by molar-refractivity contribution is 0.414. The van der Waals surface area contributed by atoms with Gasteiger partial charge in [-0.15, -0.1) is 0 Å². The number of hydrogen-bond acceptors (Lipinski definition) is 3. The number of anilines is 1. The van der Waals surface area contributed by atoms with E-state index in [1.807, 2.05) is 11.8 Å². The monoisotopic (exact) mass is 227 g/mol. The zero-order chi connectivity index (χ0) is 10.7. The normalized spacial score (nSPS) is 20.3. The number of rotatable bonds is 3. The molecule has 0 spiro atoms. The van der Waals surface area contributed by atoms with Gasteiger partial charge in [-0.25, -0.2) is 4.39 Å². The summed E-state index contributed by atoms with van der Waals surface area (Å²) in [6, 6.07) is 5.16. The Morgan fingerprint density at radius 3 is 3.07 bits per heavy atom. The van der Waals surface area contributed by atoms with Gasteiger partial charge in [-0.1, -0.05) is 0 Å². The van der Waals surface area contributed by atoms with Gasteiger partial charge in [-0.05, 0) is 24.3 Å². The van der Waals surface area contributed by atoms with E-state index in [4.69, 9.17) is 4.74 Å². The van der Waals surface area contributed by atoms with E-state index >= 15 is 0 Å². The van der Waals surface area contributed by atoms with E-state index in [9.17, 15) is 4.39 Å². The van der Waals surface area contributed by atoms with Crippen molar-refractivity contribution in [3.05, 3.63) is 24.0 Å². The van der Waals surface area contributed by atoms with Gasteiger partial charge in [0.05, 0.1) is 12.8 Å². The van der Waals surface area contributed by atoms with Gasteiger partial charge in [0, 0.05) is 17.9 Å². The highest BCUT2D eigenvalue weighted by Crippen LogP contribution is 2.25. The lowest BCUT2D eigenvalue weighted by atomic mass is 10.2. The quantitative estimate of drug-likeness (QED) is 0.858. The van der Waals surface area contributed by atoms with Crippen LogP contribution in [0, 0.1) is 5.82 Å². The minimum Gasteiger partial charge on any atom is -0.497 e. The molecule has 0 amide bonds. The standard InChI is InChI=1S/C11H14FNOS/c1-14-9-2-3-10(12)11(6-9)13-8-4-5-15-7-8/h2-3,6,8,13H,4-5,7H2,1H3. The molecule has 1 aliphatic heterocycles. The Balaban J connectivity index is 2.11. The second-order valence-electron chi connectivity index (χ2n) is 3.55. The first-order valence-electron chi connectivity index (χ1n) is 4.97. The van der Waals surface area contributed by atoms with Crippen LogP contribution >= 0.6 is 11.8 Å². The van der Waals surface area contributed by atoms with E-state index in [1.54, 1.807) is 19.2 Å². The molecule has 1 aliphatic rings. The molecule has 1 aromatic carbocycles. The van der Waals surface area contributed by atoms with Crippen LogP contribution < -0.4 is 10.1 Å². The summed E-state index contributed by atoms with van der Waals surface area (Å²) in [5, 5.41) is 3.21. The van der Waals surface area contributed by atoms with Crippen LogP contribution in [0.1, 0.15) is 6.42 Å². The maximum absolute atomic E-state index is 13.4. The molecule has 0 saturated carbocycles. The van der Waals surface area contributed by atoms with E-state index in [0.29, 0.717) is 17.5 Å². The molecule has 1 fully saturated rings. The maximum Gasteiger partial charge on any atom is 0.146 e. The van der Waals surface area contributed by atoms with Crippen LogP contribution in [0.5, 0.6) is 5.75 Å². The molecular formula is C11H14FNOS. The number of nitrogens with one attached hydrogen (secondary N) is 1. The van der Waals surface area contributed by atoms with Crippen molar-refractivity contribution in [3.63, 3.8) is 0 Å². The number of halogens is 1. The number of methoxy groups -OCH3 is 1. The van der Waals surface area contributed by atoms with E-state index in [-0.39, 0.29) is 5.82 Å². The SMILES string of the molecule is COc1ccc(F)c(NC2CCSC2)c1. The van der Waals surface area contributed by atoms with Crippen LogP contribution in [0.2, 0.25) is 0 Å². The summed E-state index contributed by atoms with van der Waals surface area (Å²) < 4.78 is 18.5. The van der Waals surface area contributed by atoms with E-state index < -0.39 is 0 Å². The van der Waals surface area contributed by atoms with Crippen LogP contribution in [0.4, 0.5) is 10.1 Å². The lowest BCUT2D eigenvalue weighted by Crippen LogP contribution is -2.18. The van der Waals surface area contributed by atoms with Gasteiger partial charge in [0.2, 0.25) is 0 Å². The highest BCUT2D eigenvalue weighted by atomic mass is 32.2. The van der Waals surface area contributed by atoms with Gasteiger partial charge >= 0.3 is 0 Å². The summed E-state index contributed by atoms with van der Waals surface area (Å²) in [6.07, 6.45) is 1.10. The number of benzene rings is 1. The zero-order valence-corrected chi connectivity index (χ0v) is 9.44. The summed E-state index contributed by atoms with van der Waals surface area (Å²) in [7, 11) is 1.59. The number of thioether (sulfide) groups is 1. The van der Waals surface area contributed by atoms with Crippen LogP contribution in [-0.4, -0.2) is 24.7 Å². The molecule has 4 heteroatoms. The largest absolute Gasteiger partial charge is 0.497 e. The number of hydrogen-bond donors (Lipinski definition) is 1. The Hall–Kier alpha value is -0.900. The second kappa shape index (κ2) is 4.75. The average Bonchev–Trinajstić information content (AvgIpc) is 2.74. The van der Waals surface area contributed by atoms with E-state index in [2.05, 4.69) is 5.32 Å². The molecule has 1 aromatic rings. The number of ether oxygens (including phenoxy) is 1. The Kier molecular flexibility index (Phi) is 3.36. The summed E-state index contributed by atoms with van der Waals surface area (Å²) in [5.74, 6) is 2.68. The van der Waals surface area contributed by atoms with Crippen LogP contribution in [0.25, 0.3) is 0 Å². The zero-order valence-electron chi connectivity index (χ0n) is 8.63. The molecule has 0 aromatic heterocycles. The predicted octanol–water partition coefficient (Wildman–Crippen LogP) is 2.75. The first-order valence-corrected chi connectivity index (χ1v) is 6.13. The Morgan fingerprint density at radius 1 is 1.53 bits per heavy atom. The third-order valence-electron chi connectivity index (χ3n) is 2.46. The highest BCUT2D eigenvalue weighted by molar-refractivity contribution is 7.99. The van der Waals surface area contributed by atoms with Crippen LogP contribution in [-0.2, 0) is 0 Å². The Morgan fingerprint density at radius 2 is 2.40 bits per heavy atom. The van der Waals surface area contributed by atoms with Crippen molar-refractivity contribution < 1.29 is 9.13 Å². The smallest absolute Gasteiger partial charge is 0.146 e. The Bertz CT molecular complexity index is 339. The maximum atomic E-state index is 13.4. The van der Waals surface area contributed by atoms with Crippen molar-refractivity contribution >= 4 is 17.4 Å². The van der Waals surface area contributed by atoms with Gasteiger partial charge in [-0.2, -0.15) is 11.8 Å². The first kappa shape index (κ1) is 10.6. The molecule has 15 heavy (non-hydrogen) atoms. The lowest BCUT2D eigenvalue weighted by Gasteiger charge is -2.14. The molecule has 0 radical (unpaired) electrons. The molecule has 1 unspecified atom stereocenters. The second-order valence-corrected chi connectivity index (χ2v) is 4.70. The van der Waals surface area contributed by atoms with Crippen molar-refractivity contribution in [1.29, 1.82) is 0 Å². The first-order chi connectivity index (χ1) is 7.29. The summed E-state index contributed by atoms with van der Waals surface area (Å²) in [4.78, 5) is 0. The van der Waals surface area contributed by atoms with E-state index in [1.165, 1.54) is 6.07 Å². The third kappa shape index (κ3) is 2.56. The molecule has 82 valence electrons. The van der Waals surface area contributed by atoms with Crippen LogP contribution in [0.15, 0.2) is 18.2 Å². The summed E-state index contributed by atoms with van der Waals surface area (Å²) >= 11 is 1.90. The predicted molar refractivity (Wildman–Crippen MR) is 62.3 cm³/mol. The van der Waals surface area contributed by atoms with Crippen molar-refractivity contribution in [2.45, 2.75) is 12.5 Å². The fourth-order valence-corrected chi connectivity index (χ4v) is 2.76. The van der Waals surface area contributed by atoms with Gasteiger partial charge in [0.1, 0.15) is 11.6 Å². The molecule has 2 rings (SSSR count). The minimum atomic E-state index is -0.215. The van der Waals surface area contributed by atoms with Crippen molar-refractivity contribution in [3.8, 4) is 5.75 Å². The minimum absolute atomic E-state index is 0.215. The molecule has 1 N–H and O–H groups in total. The average molecular weight is 227 g/mol. The fourth-order valence-electron chi connectivity index (χ4n) is 1.61. The Labute approximate surface area is 93.2 Å². The van der Waals surface area contributed by atoms with Gasteiger partial charge in [-0.3, -0.25) is 0 Å². The van der Waals surface area contributed by atoms with Crippen LogP contribution in [0.3, 0.4) is 0 Å². The summed E-state index contributed by atoms with van der Waals surface area (Å²) in [6.45, 7) is 0. The van der Waals surface area contributed by atoms with Gasteiger partial charge in [0.15, 0.2) is 0 Å². The summed E-state index contributed by atoms with van der Waals surface area (Å²) in [5.41, 5.74) is 0.543. The molecule has 2 nitrogen and oxygen atoms in total. The molecular weight excluding hydrogens is 213 g/mol. The molecule has 1 atom stereocenters. The van der Waals surface area contributed by atoms with Crippen molar-refractivity contribution in [2.24, 2.45) is 0 Å². The topological polar surface area (TPSA) is 21.3 Å². The highest BCUT2D eigenvalue weighted by Gasteiger charge is 2.16. The molecule has 1 heterocycles. The fraction of sp³-hybridized carbons (Fsp3) is 0.455. The molecule has 0 aliphatic carbocycles.